The maximum absolute atomic E-state index is 12.9. The van der Waals surface area contributed by atoms with Crippen molar-refractivity contribution < 1.29 is 14.4 Å². The van der Waals surface area contributed by atoms with Crippen LogP contribution in [-0.2, 0) is 6.42 Å². The van der Waals surface area contributed by atoms with Gasteiger partial charge in [-0.3, -0.25) is 10.0 Å². The van der Waals surface area contributed by atoms with Crippen LogP contribution in [0, 0.1) is 5.82 Å². The van der Waals surface area contributed by atoms with Crippen LogP contribution in [0.4, 0.5) is 4.39 Å². The quantitative estimate of drug-likeness (QED) is 0.416. The van der Waals surface area contributed by atoms with Crippen molar-refractivity contribution in [2.75, 3.05) is 6.54 Å². The van der Waals surface area contributed by atoms with E-state index in [0.29, 0.717) is 17.5 Å². The summed E-state index contributed by atoms with van der Waals surface area (Å²) in [6, 6.07) is 14.5. The minimum atomic E-state index is -0.496. The molecular formula is C19H21FN2O2. The zero-order valence-corrected chi connectivity index (χ0v) is 13.3. The molecule has 24 heavy (non-hydrogen) atoms. The number of carbonyl (C=O) groups excluding carboxylic acids is 1. The van der Waals surface area contributed by atoms with Gasteiger partial charge in [0, 0.05) is 17.5 Å². The number of benzene rings is 2. The van der Waals surface area contributed by atoms with Crippen molar-refractivity contribution in [1.82, 2.24) is 10.8 Å². The molecule has 2 atom stereocenters. The van der Waals surface area contributed by atoms with Gasteiger partial charge in [0.2, 0.25) is 0 Å². The summed E-state index contributed by atoms with van der Waals surface area (Å²) in [7, 11) is 0. The van der Waals surface area contributed by atoms with Crippen LogP contribution in [0.1, 0.15) is 40.2 Å². The van der Waals surface area contributed by atoms with E-state index in [1.165, 1.54) is 17.7 Å². The lowest BCUT2D eigenvalue weighted by Gasteiger charge is -2.06. The maximum atomic E-state index is 12.9. The highest BCUT2D eigenvalue weighted by Gasteiger charge is 2.37. The molecule has 2 aromatic carbocycles. The number of hydroxylamine groups is 1. The van der Waals surface area contributed by atoms with Gasteiger partial charge in [-0.2, -0.15) is 0 Å². The Morgan fingerprint density at radius 1 is 1.12 bits per heavy atom. The Balaban J connectivity index is 1.37. The first-order valence-electron chi connectivity index (χ1n) is 8.19. The minimum absolute atomic E-state index is 0.189. The van der Waals surface area contributed by atoms with Crippen LogP contribution in [0.3, 0.4) is 0 Å². The van der Waals surface area contributed by atoms with E-state index in [0.717, 1.165) is 31.4 Å². The average Bonchev–Trinajstić information content (AvgIpc) is 3.39. The van der Waals surface area contributed by atoms with Crippen LogP contribution in [-0.4, -0.2) is 23.7 Å². The molecule has 1 aliphatic rings. The van der Waals surface area contributed by atoms with Gasteiger partial charge in [-0.15, -0.1) is 0 Å². The van der Waals surface area contributed by atoms with E-state index < -0.39 is 5.91 Å². The molecule has 0 saturated heterocycles. The summed E-state index contributed by atoms with van der Waals surface area (Å²) in [6.45, 7) is 0.932. The summed E-state index contributed by atoms with van der Waals surface area (Å²) < 4.78 is 12.9. The molecule has 0 heterocycles. The van der Waals surface area contributed by atoms with E-state index >= 15 is 0 Å². The summed E-state index contributed by atoms with van der Waals surface area (Å²) in [5.41, 5.74) is 4.43. The number of halogens is 1. The number of amides is 1. The Morgan fingerprint density at radius 3 is 2.50 bits per heavy atom. The fourth-order valence-corrected chi connectivity index (χ4v) is 2.97. The van der Waals surface area contributed by atoms with Gasteiger partial charge >= 0.3 is 0 Å². The van der Waals surface area contributed by atoms with Crippen LogP contribution in [0.2, 0.25) is 0 Å². The third-order valence-corrected chi connectivity index (χ3v) is 4.46. The number of aryl methyl sites for hydroxylation is 1. The molecule has 1 amide bonds. The zero-order valence-electron chi connectivity index (χ0n) is 13.3. The van der Waals surface area contributed by atoms with Crippen LogP contribution < -0.4 is 10.8 Å². The van der Waals surface area contributed by atoms with Crippen molar-refractivity contribution in [2.45, 2.75) is 31.2 Å². The molecule has 0 spiro atoms. The number of carbonyl (C=O) groups is 1. The first-order chi connectivity index (χ1) is 11.7. The lowest BCUT2D eigenvalue weighted by Crippen LogP contribution is -2.20. The van der Waals surface area contributed by atoms with Crippen molar-refractivity contribution in [3.05, 3.63) is 71.0 Å². The molecule has 2 aromatic rings. The highest BCUT2D eigenvalue weighted by atomic mass is 19.1. The van der Waals surface area contributed by atoms with Crippen LogP contribution in [0.25, 0.3) is 0 Å². The number of hydrogen-bond donors (Lipinski definition) is 3. The molecule has 1 fully saturated rings. The second kappa shape index (κ2) is 7.55. The van der Waals surface area contributed by atoms with Gasteiger partial charge in [-0.25, -0.2) is 9.87 Å². The Hall–Kier alpha value is -2.24. The first kappa shape index (κ1) is 16.6. The van der Waals surface area contributed by atoms with Crippen LogP contribution in [0.5, 0.6) is 0 Å². The molecule has 4 nitrogen and oxygen atoms in total. The molecule has 0 aliphatic heterocycles. The summed E-state index contributed by atoms with van der Waals surface area (Å²) in [4.78, 5) is 11.2. The molecule has 3 rings (SSSR count). The lowest BCUT2D eigenvalue weighted by atomic mass is 10.1. The van der Waals surface area contributed by atoms with Gasteiger partial charge < -0.3 is 5.32 Å². The smallest absolute Gasteiger partial charge is 0.274 e. The van der Waals surface area contributed by atoms with E-state index in [2.05, 4.69) is 5.32 Å². The maximum Gasteiger partial charge on any atom is 0.274 e. The van der Waals surface area contributed by atoms with E-state index in [4.69, 9.17) is 5.21 Å². The third-order valence-electron chi connectivity index (χ3n) is 4.46. The average molecular weight is 328 g/mol. The van der Waals surface area contributed by atoms with Gasteiger partial charge in [0.25, 0.3) is 5.91 Å². The van der Waals surface area contributed by atoms with Gasteiger partial charge in [-0.05, 0) is 61.2 Å². The summed E-state index contributed by atoms with van der Waals surface area (Å²) in [6.07, 6.45) is 3.05. The van der Waals surface area contributed by atoms with E-state index in [9.17, 15) is 9.18 Å². The Bertz CT molecular complexity index is 686. The highest BCUT2D eigenvalue weighted by molar-refractivity contribution is 5.93. The third kappa shape index (κ3) is 4.19. The topological polar surface area (TPSA) is 61.4 Å². The van der Waals surface area contributed by atoms with Crippen molar-refractivity contribution in [1.29, 1.82) is 0 Å². The monoisotopic (exact) mass is 328 g/mol. The molecule has 2 unspecified atom stereocenters. The number of hydrogen-bond acceptors (Lipinski definition) is 3. The molecule has 1 aliphatic carbocycles. The van der Waals surface area contributed by atoms with Gasteiger partial charge in [0.1, 0.15) is 5.82 Å². The Labute approximate surface area is 140 Å². The number of rotatable bonds is 7. The minimum Gasteiger partial charge on any atom is -0.313 e. The summed E-state index contributed by atoms with van der Waals surface area (Å²) in [5, 5.41) is 12.1. The molecule has 1 saturated carbocycles. The van der Waals surface area contributed by atoms with Crippen LogP contribution in [0.15, 0.2) is 48.5 Å². The fraction of sp³-hybridized carbons (Fsp3) is 0.316. The fourth-order valence-electron chi connectivity index (χ4n) is 2.97. The molecule has 126 valence electrons. The van der Waals surface area contributed by atoms with Gasteiger partial charge in [-0.1, -0.05) is 24.3 Å². The first-order valence-corrected chi connectivity index (χ1v) is 8.19. The largest absolute Gasteiger partial charge is 0.313 e. The van der Waals surface area contributed by atoms with Crippen molar-refractivity contribution in [3.63, 3.8) is 0 Å². The Kier molecular flexibility index (Phi) is 5.23. The van der Waals surface area contributed by atoms with Crippen molar-refractivity contribution >= 4 is 5.91 Å². The second-order valence-corrected chi connectivity index (χ2v) is 6.20. The van der Waals surface area contributed by atoms with Crippen molar-refractivity contribution in [2.24, 2.45) is 0 Å². The Morgan fingerprint density at radius 2 is 1.83 bits per heavy atom. The second-order valence-electron chi connectivity index (χ2n) is 6.20. The normalized spacial score (nSPS) is 19.1. The SMILES string of the molecule is O=C(NO)c1ccc(CCCNC2CC2c2ccc(F)cc2)cc1. The molecule has 0 bridgehead atoms. The molecule has 5 heteroatoms. The molecule has 0 radical (unpaired) electrons. The van der Waals surface area contributed by atoms with Gasteiger partial charge in [0.15, 0.2) is 0 Å². The van der Waals surface area contributed by atoms with Crippen LogP contribution >= 0.6 is 0 Å². The lowest BCUT2D eigenvalue weighted by molar-refractivity contribution is 0.0706. The van der Waals surface area contributed by atoms with Crippen molar-refractivity contribution in [3.8, 4) is 0 Å². The van der Waals surface area contributed by atoms with E-state index in [1.807, 2.05) is 24.3 Å². The highest BCUT2D eigenvalue weighted by Crippen LogP contribution is 2.40. The molecule has 3 N–H and O–H groups in total. The molecule has 0 aromatic heterocycles. The summed E-state index contributed by atoms with van der Waals surface area (Å²) in [5.74, 6) is -0.183. The van der Waals surface area contributed by atoms with E-state index in [-0.39, 0.29) is 5.82 Å². The standard InChI is InChI=1S/C19H21FN2O2/c20-16-9-7-14(8-10-16)17-12-18(17)21-11-1-2-13-3-5-15(6-4-13)19(23)22-24/h3-10,17-18,21,24H,1-2,11-12H2,(H,22,23). The summed E-state index contributed by atoms with van der Waals surface area (Å²) >= 11 is 0. The predicted molar refractivity (Wildman–Crippen MR) is 89.6 cm³/mol. The van der Waals surface area contributed by atoms with Gasteiger partial charge in [0.05, 0.1) is 0 Å². The zero-order chi connectivity index (χ0) is 16.9. The molecular weight excluding hydrogens is 307 g/mol. The van der Waals surface area contributed by atoms with E-state index in [1.54, 1.807) is 17.6 Å². The predicted octanol–water partition coefficient (Wildman–Crippen LogP) is 3.02. The number of nitrogens with one attached hydrogen (secondary N) is 2.